The van der Waals surface area contributed by atoms with Gasteiger partial charge in [0.1, 0.15) is 12.4 Å². The van der Waals surface area contributed by atoms with E-state index in [1.54, 1.807) is 53.4 Å². The predicted molar refractivity (Wildman–Crippen MR) is 115 cm³/mol. The predicted octanol–water partition coefficient (Wildman–Crippen LogP) is 3.95. The van der Waals surface area contributed by atoms with E-state index in [1.807, 2.05) is 36.4 Å². The van der Waals surface area contributed by atoms with Crippen LogP contribution in [0.25, 0.3) is 0 Å². The molecular weight excluding hydrogens is 398 g/mol. The maximum Gasteiger partial charge on any atom is 0.254 e. The summed E-state index contributed by atoms with van der Waals surface area (Å²) in [4.78, 5) is 14.9. The van der Waals surface area contributed by atoms with E-state index in [1.165, 1.54) is 0 Å². The third kappa shape index (κ3) is 4.39. The molecule has 0 bridgehead atoms. The van der Waals surface area contributed by atoms with Gasteiger partial charge in [-0.2, -0.15) is 0 Å². The van der Waals surface area contributed by atoms with Gasteiger partial charge in [0.05, 0.1) is 10.1 Å². The summed E-state index contributed by atoms with van der Waals surface area (Å²) in [6.07, 6.45) is 0.438. The average molecular weight is 422 g/mol. The van der Waals surface area contributed by atoms with Crippen molar-refractivity contribution in [1.82, 2.24) is 4.90 Å². The van der Waals surface area contributed by atoms with Crippen molar-refractivity contribution in [1.29, 1.82) is 0 Å². The summed E-state index contributed by atoms with van der Waals surface area (Å²) in [6.45, 7) is 1.04. The molecule has 0 aliphatic carbocycles. The van der Waals surface area contributed by atoms with Gasteiger partial charge in [0.2, 0.25) is 0 Å². The van der Waals surface area contributed by atoms with Gasteiger partial charge in [0.25, 0.3) is 5.91 Å². The van der Waals surface area contributed by atoms with Gasteiger partial charge in [0, 0.05) is 18.7 Å². The number of hydrogen-bond acceptors (Lipinski definition) is 4. The van der Waals surface area contributed by atoms with E-state index in [-0.39, 0.29) is 12.5 Å². The standard InChI is InChI=1S/C24H23NO4S/c26-24(20-10-7-11-21(16-20)29-18-19-8-3-1-4-9-19)25-15-14-23(17-25)30(27,28)22-12-5-2-6-13-22/h1-13,16,23H,14-15,17-18H2. The van der Waals surface area contributed by atoms with Crippen molar-refractivity contribution in [3.05, 3.63) is 96.1 Å². The van der Waals surface area contributed by atoms with Crippen molar-refractivity contribution >= 4 is 15.7 Å². The summed E-state index contributed by atoms with van der Waals surface area (Å²) in [6, 6.07) is 25.3. The summed E-state index contributed by atoms with van der Waals surface area (Å²) < 4.78 is 31.5. The Labute approximate surface area is 176 Å². The average Bonchev–Trinajstić information content (AvgIpc) is 3.30. The van der Waals surface area contributed by atoms with Gasteiger partial charge in [0.15, 0.2) is 9.84 Å². The molecule has 0 saturated carbocycles. The van der Waals surface area contributed by atoms with Gasteiger partial charge in [-0.15, -0.1) is 0 Å². The minimum Gasteiger partial charge on any atom is -0.489 e. The zero-order chi connectivity index (χ0) is 21.0. The summed E-state index contributed by atoms with van der Waals surface area (Å²) in [5.74, 6) is 0.434. The number of carbonyl (C=O) groups is 1. The van der Waals surface area contributed by atoms with Crippen LogP contribution in [0, 0.1) is 0 Å². The van der Waals surface area contributed by atoms with E-state index in [9.17, 15) is 13.2 Å². The fourth-order valence-corrected chi connectivity index (χ4v) is 5.32. The number of benzene rings is 3. The first-order valence-corrected chi connectivity index (χ1v) is 11.4. The lowest BCUT2D eigenvalue weighted by molar-refractivity contribution is 0.0792. The van der Waals surface area contributed by atoms with Crippen LogP contribution in [0.2, 0.25) is 0 Å². The van der Waals surface area contributed by atoms with Crippen LogP contribution in [-0.2, 0) is 16.4 Å². The van der Waals surface area contributed by atoms with Gasteiger partial charge in [-0.1, -0.05) is 54.6 Å². The topological polar surface area (TPSA) is 63.7 Å². The molecule has 0 spiro atoms. The molecule has 0 N–H and O–H groups in total. The molecule has 1 atom stereocenters. The highest BCUT2D eigenvalue weighted by Crippen LogP contribution is 2.25. The van der Waals surface area contributed by atoms with Crippen LogP contribution in [-0.4, -0.2) is 37.6 Å². The van der Waals surface area contributed by atoms with Gasteiger partial charge in [-0.05, 0) is 42.3 Å². The number of carbonyl (C=O) groups excluding carboxylic acids is 1. The molecule has 1 saturated heterocycles. The van der Waals surface area contributed by atoms with Crippen molar-refractivity contribution in [3.8, 4) is 5.75 Å². The van der Waals surface area contributed by atoms with Crippen LogP contribution in [0.15, 0.2) is 89.8 Å². The maximum atomic E-state index is 13.0. The molecule has 6 heteroatoms. The lowest BCUT2D eigenvalue weighted by Crippen LogP contribution is -2.31. The molecular formula is C24H23NO4S. The fraction of sp³-hybridized carbons (Fsp3) is 0.208. The van der Waals surface area contributed by atoms with Crippen molar-refractivity contribution in [2.75, 3.05) is 13.1 Å². The van der Waals surface area contributed by atoms with Crippen LogP contribution in [0.1, 0.15) is 22.3 Å². The Morgan fingerprint density at radius 3 is 2.37 bits per heavy atom. The number of likely N-dealkylation sites (tertiary alicyclic amines) is 1. The van der Waals surface area contributed by atoms with Crippen molar-refractivity contribution in [3.63, 3.8) is 0 Å². The molecule has 30 heavy (non-hydrogen) atoms. The first-order chi connectivity index (χ1) is 14.5. The third-order valence-corrected chi connectivity index (χ3v) is 7.46. The summed E-state index contributed by atoms with van der Waals surface area (Å²) in [5.41, 5.74) is 1.54. The Kier molecular flexibility index (Phi) is 5.86. The van der Waals surface area contributed by atoms with E-state index < -0.39 is 15.1 Å². The molecule has 5 nitrogen and oxygen atoms in total. The number of ether oxygens (including phenoxy) is 1. The zero-order valence-corrected chi connectivity index (χ0v) is 17.3. The number of nitrogens with zero attached hydrogens (tertiary/aromatic N) is 1. The maximum absolute atomic E-state index is 13.0. The van der Waals surface area contributed by atoms with Crippen molar-refractivity contribution in [2.45, 2.75) is 23.2 Å². The van der Waals surface area contributed by atoms with Crippen molar-refractivity contribution in [2.24, 2.45) is 0 Å². The minimum atomic E-state index is -3.45. The van der Waals surface area contributed by atoms with Gasteiger partial charge in [-0.25, -0.2) is 8.42 Å². The largest absolute Gasteiger partial charge is 0.489 e. The highest BCUT2D eigenvalue weighted by Gasteiger charge is 2.36. The quantitative estimate of drug-likeness (QED) is 0.605. The number of sulfone groups is 1. The fourth-order valence-electron chi connectivity index (χ4n) is 3.61. The number of rotatable bonds is 6. The lowest BCUT2D eigenvalue weighted by atomic mass is 10.2. The molecule has 0 aromatic heterocycles. The Morgan fingerprint density at radius 2 is 1.63 bits per heavy atom. The van der Waals surface area contributed by atoms with Crippen LogP contribution in [0.4, 0.5) is 0 Å². The molecule has 1 unspecified atom stereocenters. The Morgan fingerprint density at radius 1 is 0.933 bits per heavy atom. The zero-order valence-electron chi connectivity index (χ0n) is 16.5. The molecule has 154 valence electrons. The molecule has 0 radical (unpaired) electrons. The Bertz CT molecular complexity index is 1110. The highest BCUT2D eigenvalue weighted by atomic mass is 32.2. The van der Waals surface area contributed by atoms with Crippen LogP contribution in [0.5, 0.6) is 5.75 Å². The second-order valence-corrected chi connectivity index (χ2v) is 9.55. The Hall–Kier alpha value is -3.12. The molecule has 1 fully saturated rings. The second kappa shape index (κ2) is 8.71. The smallest absolute Gasteiger partial charge is 0.254 e. The highest BCUT2D eigenvalue weighted by molar-refractivity contribution is 7.92. The lowest BCUT2D eigenvalue weighted by Gasteiger charge is -2.17. The monoisotopic (exact) mass is 421 g/mol. The Balaban J connectivity index is 1.43. The van der Waals surface area contributed by atoms with Gasteiger partial charge >= 0.3 is 0 Å². The third-order valence-electron chi connectivity index (χ3n) is 5.27. The molecule has 3 aromatic carbocycles. The number of amides is 1. The van der Waals surface area contributed by atoms with Crippen LogP contribution in [0.3, 0.4) is 0 Å². The first-order valence-electron chi connectivity index (χ1n) is 9.89. The summed E-state index contributed by atoms with van der Waals surface area (Å²) in [5, 5.41) is -0.582. The molecule has 1 heterocycles. The van der Waals surface area contributed by atoms with E-state index in [0.717, 1.165) is 5.56 Å². The van der Waals surface area contributed by atoms with Crippen LogP contribution < -0.4 is 4.74 Å². The minimum absolute atomic E-state index is 0.175. The second-order valence-electron chi connectivity index (χ2n) is 7.32. The van der Waals surface area contributed by atoms with Gasteiger partial charge in [-0.3, -0.25) is 4.79 Å². The van der Waals surface area contributed by atoms with E-state index in [2.05, 4.69) is 0 Å². The van der Waals surface area contributed by atoms with Gasteiger partial charge < -0.3 is 9.64 Å². The van der Waals surface area contributed by atoms with E-state index >= 15 is 0 Å². The summed E-state index contributed by atoms with van der Waals surface area (Å²) in [7, 11) is -3.45. The normalized spacial score (nSPS) is 16.4. The van der Waals surface area contributed by atoms with E-state index in [4.69, 9.17) is 4.74 Å². The summed E-state index contributed by atoms with van der Waals surface area (Å²) >= 11 is 0. The van der Waals surface area contributed by atoms with Crippen LogP contribution >= 0.6 is 0 Å². The molecule has 3 aromatic rings. The van der Waals surface area contributed by atoms with E-state index in [0.29, 0.717) is 35.8 Å². The molecule has 4 rings (SSSR count). The molecule has 1 aliphatic rings. The van der Waals surface area contributed by atoms with Crippen molar-refractivity contribution < 1.29 is 17.9 Å². The SMILES string of the molecule is O=C(c1cccc(OCc2ccccc2)c1)N1CCC(S(=O)(=O)c2ccccc2)C1. The molecule has 1 amide bonds. The first kappa shape index (κ1) is 20.2. The number of hydrogen-bond donors (Lipinski definition) is 0. The molecule has 1 aliphatic heterocycles.